The van der Waals surface area contributed by atoms with Gasteiger partial charge in [0, 0.05) is 35.5 Å². The number of allylic oxidation sites excluding steroid dienone is 4. The Bertz CT molecular complexity index is 1250. The third-order valence-electron chi connectivity index (χ3n) is 5.56. The van der Waals surface area contributed by atoms with Crippen molar-refractivity contribution in [3.8, 4) is 0 Å². The number of hydrogen-bond donors (Lipinski definition) is 0. The molecule has 0 radical (unpaired) electrons. The second kappa shape index (κ2) is 9.84. The summed E-state index contributed by atoms with van der Waals surface area (Å²) in [5.74, 6) is 0. The van der Waals surface area contributed by atoms with Crippen LogP contribution in [0.3, 0.4) is 0 Å². The fraction of sp³-hybridized carbons (Fsp3) is 0.0667. The van der Waals surface area contributed by atoms with Crippen molar-refractivity contribution >= 4 is 33.5 Å². The van der Waals surface area contributed by atoms with Crippen LogP contribution in [0.1, 0.15) is 6.92 Å². The molecule has 0 fully saturated rings. The average Bonchev–Trinajstić information content (AvgIpc) is 2.86. The second-order valence-electron chi connectivity index (χ2n) is 7.60. The molecule has 0 unspecified atom stereocenters. The molecule has 0 saturated carbocycles. The number of nitrogens with zero attached hydrogens (tertiary/aromatic N) is 2. The van der Waals surface area contributed by atoms with E-state index < -0.39 is 0 Å². The van der Waals surface area contributed by atoms with Gasteiger partial charge in [-0.15, -0.1) is 0 Å². The standard InChI is InChI=1S/C30H28N2/c1-4-6-14-26(5-2)32(28-15-8-7-9-16-28)29-21-19-27(20-22-29)31(3)30-18-17-24-12-10-11-13-25(24)23-30/h4-23H,2H2,1,3H3/b6-4-,26-14+. The summed E-state index contributed by atoms with van der Waals surface area (Å²) < 4.78 is 0. The Hall–Kier alpha value is -4.04. The molecule has 0 bridgehead atoms. The van der Waals surface area contributed by atoms with Crippen molar-refractivity contribution in [3.63, 3.8) is 0 Å². The monoisotopic (exact) mass is 416 g/mol. The van der Waals surface area contributed by atoms with Crippen molar-refractivity contribution in [3.05, 3.63) is 134 Å². The van der Waals surface area contributed by atoms with Gasteiger partial charge in [0.05, 0.1) is 0 Å². The molecular weight excluding hydrogens is 388 g/mol. The predicted octanol–water partition coefficient (Wildman–Crippen LogP) is 8.39. The quantitative estimate of drug-likeness (QED) is 0.279. The van der Waals surface area contributed by atoms with Crippen LogP contribution >= 0.6 is 0 Å². The van der Waals surface area contributed by atoms with Gasteiger partial charge < -0.3 is 9.80 Å². The summed E-state index contributed by atoms with van der Waals surface area (Å²) in [5.41, 5.74) is 5.50. The minimum absolute atomic E-state index is 1.02. The van der Waals surface area contributed by atoms with Crippen LogP contribution < -0.4 is 9.80 Å². The van der Waals surface area contributed by atoms with Crippen LogP contribution in [0, 0.1) is 0 Å². The zero-order valence-electron chi connectivity index (χ0n) is 18.6. The van der Waals surface area contributed by atoms with Gasteiger partial charge in [0.25, 0.3) is 0 Å². The van der Waals surface area contributed by atoms with E-state index in [-0.39, 0.29) is 0 Å². The van der Waals surface area contributed by atoms with E-state index in [9.17, 15) is 0 Å². The highest BCUT2D eigenvalue weighted by Crippen LogP contribution is 2.33. The highest BCUT2D eigenvalue weighted by atomic mass is 15.1. The van der Waals surface area contributed by atoms with Gasteiger partial charge in [0.2, 0.25) is 0 Å². The molecule has 2 heteroatoms. The highest BCUT2D eigenvalue weighted by molar-refractivity contribution is 5.87. The molecule has 0 atom stereocenters. The minimum atomic E-state index is 1.02. The summed E-state index contributed by atoms with van der Waals surface area (Å²) in [6.45, 7) is 6.06. The molecule has 0 heterocycles. The predicted molar refractivity (Wildman–Crippen MR) is 140 cm³/mol. The van der Waals surface area contributed by atoms with Gasteiger partial charge in [-0.05, 0) is 78.4 Å². The fourth-order valence-electron chi connectivity index (χ4n) is 3.81. The zero-order chi connectivity index (χ0) is 22.3. The lowest BCUT2D eigenvalue weighted by atomic mass is 10.1. The summed E-state index contributed by atoms with van der Waals surface area (Å²) in [4.78, 5) is 4.43. The average molecular weight is 417 g/mol. The van der Waals surface area contributed by atoms with Crippen LogP contribution in [0.4, 0.5) is 22.7 Å². The summed E-state index contributed by atoms with van der Waals surface area (Å²) in [5, 5.41) is 2.50. The second-order valence-corrected chi connectivity index (χ2v) is 7.60. The topological polar surface area (TPSA) is 6.48 Å². The molecular formula is C30H28N2. The largest absolute Gasteiger partial charge is 0.345 e. The van der Waals surface area contributed by atoms with Gasteiger partial charge in [0.1, 0.15) is 0 Å². The van der Waals surface area contributed by atoms with Crippen LogP contribution in [-0.2, 0) is 0 Å². The van der Waals surface area contributed by atoms with Crippen LogP contribution in [0.2, 0.25) is 0 Å². The maximum Gasteiger partial charge on any atom is 0.0463 e. The Balaban J connectivity index is 1.68. The van der Waals surface area contributed by atoms with E-state index in [1.165, 1.54) is 10.8 Å². The first kappa shape index (κ1) is 21.2. The van der Waals surface area contributed by atoms with Crippen molar-refractivity contribution in [1.29, 1.82) is 0 Å². The molecule has 4 rings (SSSR count). The highest BCUT2D eigenvalue weighted by Gasteiger charge is 2.13. The van der Waals surface area contributed by atoms with Crippen LogP contribution in [0.25, 0.3) is 10.8 Å². The maximum absolute atomic E-state index is 4.04. The molecule has 0 spiro atoms. The Labute approximate surface area is 191 Å². The molecule has 0 amide bonds. The normalized spacial score (nSPS) is 11.6. The number of hydrogen-bond acceptors (Lipinski definition) is 2. The van der Waals surface area contributed by atoms with E-state index in [1.807, 2.05) is 31.2 Å². The van der Waals surface area contributed by atoms with E-state index in [2.05, 4.69) is 120 Å². The molecule has 0 N–H and O–H groups in total. The first-order valence-electron chi connectivity index (χ1n) is 10.8. The fourth-order valence-corrected chi connectivity index (χ4v) is 3.81. The van der Waals surface area contributed by atoms with Crippen molar-refractivity contribution in [2.75, 3.05) is 16.8 Å². The van der Waals surface area contributed by atoms with E-state index in [0.29, 0.717) is 0 Å². The molecule has 32 heavy (non-hydrogen) atoms. The lowest BCUT2D eigenvalue weighted by Crippen LogP contribution is -2.15. The van der Waals surface area contributed by atoms with Gasteiger partial charge in [-0.2, -0.15) is 0 Å². The van der Waals surface area contributed by atoms with Crippen LogP contribution in [-0.4, -0.2) is 7.05 Å². The Morgan fingerprint density at radius 2 is 1.28 bits per heavy atom. The number of anilines is 4. The van der Waals surface area contributed by atoms with E-state index >= 15 is 0 Å². The molecule has 0 saturated heterocycles. The van der Waals surface area contributed by atoms with Crippen molar-refractivity contribution in [1.82, 2.24) is 0 Å². The molecule has 2 nitrogen and oxygen atoms in total. The molecule has 0 aliphatic rings. The van der Waals surface area contributed by atoms with Crippen LogP contribution in [0.15, 0.2) is 134 Å². The lowest BCUT2D eigenvalue weighted by molar-refractivity contribution is 1.19. The van der Waals surface area contributed by atoms with Gasteiger partial charge in [0.15, 0.2) is 0 Å². The Morgan fingerprint density at radius 1 is 0.688 bits per heavy atom. The zero-order valence-corrected chi connectivity index (χ0v) is 18.6. The van der Waals surface area contributed by atoms with Gasteiger partial charge in [-0.1, -0.05) is 67.3 Å². The number of para-hydroxylation sites is 1. The molecule has 4 aromatic rings. The van der Waals surface area contributed by atoms with Gasteiger partial charge in [-0.25, -0.2) is 0 Å². The smallest absolute Gasteiger partial charge is 0.0463 e. The molecule has 158 valence electrons. The third-order valence-corrected chi connectivity index (χ3v) is 5.56. The first-order valence-corrected chi connectivity index (χ1v) is 10.8. The SMILES string of the molecule is C=C/C(=C\C=C/C)N(c1ccccc1)c1ccc(N(C)c2ccc3ccccc3c2)cc1. The van der Waals surface area contributed by atoms with E-state index in [0.717, 1.165) is 28.4 Å². The van der Waals surface area contributed by atoms with Crippen molar-refractivity contribution < 1.29 is 0 Å². The van der Waals surface area contributed by atoms with Crippen molar-refractivity contribution in [2.24, 2.45) is 0 Å². The van der Waals surface area contributed by atoms with Crippen molar-refractivity contribution in [2.45, 2.75) is 6.92 Å². The summed E-state index contributed by atoms with van der Waals surface area (Å²) >= 11 is 0. The minimum Gasteiger partial charge on any atom is -0.345 e. The molecule has 0 aliphatic carbocycles. The summed E-state index contributed by atoms with van der Waals surface area (Å²) in [7, 11) is 2.11. The van der Waals surface area contributed by atoms with Gasteiger partial charge in [-0.3, -0.25) is 0 Å². The van der Waals surface area contributed by atoms with E-state index in [1.54, 1.807) is 0 Å². The van der Waals surface area contributed by atoms with E-state index in [4.69, 9.17) is 0 Å². The third kappa shape index (κ3) is 4.50. The maximum atomic E-state index is 4.04. The number of fused-ring (bicyclic) bond motifs is 1. The van der Waals surface area contributed by atoms with Crippen LogP contribution in [0.5, 0.6) is 0 Å². The molecule has 0 aromatic heterocycles. The lowest BCUT2D eigenvalue weighted by Gasteiger charge is -2.27. The first-order chi connectivity index (χ1) is 15.7. The Kier molecular flexibility index (Phi) is 6.52. The number of rotatable bonds is 7. The molecule has 4 aromatic carbocycles. The summed E-state index contributed by atoms with van der Waals surface area (Å²) in [6, 6.07) is 34.0. The summed E-state index contributed by atoms with van der Waals surface area (Å²) in [6.07, 6.45) is 8.03. The van der Waals surface area contributed by atoms with Gasteiger partial charge >= 0.3 is 0 Å². The number of benzene rings is 4. The Morgan fingerprint density at radius 3 is 1.97 bits per heavy atom. The molecule has 0 aliphatic heterocycles.